The monoisotopic (exact) mass is 363 g/mol. The topological polar surface area (TPSA) is 50.2 Å². The van der Waals surface area contributed by atoms with Crippen molar-refractivity contribution in [2.24, 2.45) is 23.7 Å². The Labute approximate surface area is 139 Å². The predicted molar refractivity (Wildman–Crippen MR) is 87.6 cm³/mol. The maximum Gasteiger partial charge on any atom is 0.181 e. The number of rotatable bonds is 3. The van der Waals surface area contributed by atoms with Crippen molar-refractivity contribution in [3.05, 3.63) is 28.0 Å². The SMILES string of the molecule is Cc1cc(Br)cnc1C(=O)CC1C2CC3CC1CC(O)(C3)C2. The van der Waals surface area contributed by atoms with Gasteiger partial charge in [-0.3, -0.25) is 9.78 Å². The molecule has 0 saturated heterocycles. The van der Waals surface area contributed by atoms with Crippen molar-refractivity contribution < 1.29 is 9.90 Å². The summed E-state index contributed by atoms with van der Waals surface area (Å²) < 4.78 is 0.915. The molecule has 1 N–H and O–H groups in total. The van der Waals surface area contributed by atoms with Crippen LogP contribution in [0, 0.1) is 30.6 Å². The minimum atomic E-state index is -0.415. The van der Waals surface area contributed by atoms with Crippen LogP contribution in [0.25, 0.3) is 0 Å². The van der Waals surface area contributed by atoms with E-state index in [0.29, 0.717) is 35.8 Å². The van der Waals surface area contributed by atoms with Gasteiger partial charge in [0.25, 0.3) is 0 Å². The van der Waals surface area contributed by atoms with Crippen LogP contribution in [0.4, 0.5) is 0 Å². The van der Waals surface area contributed by atoms with Gasteiger partial charge in [-0.15, -0.1) is 0 Å². The summed E-state index contributed by atoms with van der Waals surface area (Å²) in [6.45, 7) is 1.95. The summed E-state index contributed by atoms with van der Waals surface area (Å²) in [4.78, 5) is 17.0. The van der Waals surface area contributed by atoms with Gasteiger partial charge in [0.2, 0.25) is 0 Å². The number of nitrogens with zero attached hydrogens (tertiary/aromatic N) is 1. The van der Waals surface area contributed by atoms with Gasteiger partial charge in [0.15, 0.2) is 5.78 Å². The molecule has 0 radical (unpaired) electrons. The van der Waals surface area contributed by atoms with Crippen LogP contribution in [0.3, 0.4) is 0 Å². The van der Waals surface area contributed by atoms with E-state index in [-0.39, 0.29) is 5.78 Å². The third-order valence-corrected chi connectivity index (χ3v) is 6.60. The first kappa shape index (κ1) is 14.8. The van der Waals surface area contributed by atoms with Crippen LogP contribution in [-0.4, -0.2) is 21.5 Å². The second-order valence-corrected chi connectivity index (χ2v) is 8.72. The summed E-state index contributed by atoms with van der Waals surface area (Å²) in [7, 11) is 0. The summed E-state index contributed by atoms with van der Waals surface area (Å²) in [6.07, 6.45) is 7.55. The van der Waals surface area contributed by atoms with Crippen LogP contribution in [0.2, 0.25) is 0 Å². The summed E-state index contributed by atoms with van der Waals surface area (Å²) in [5.41, 5.74) is 1.15. The molecule has 0 amide bonds. The van der Waals surface area contributed by atoms with Gasteiger partial charge in [-0.1, -0.05) is 0 Å². The second kappa shape index (κ2) is 5.13. The Kier molecular flexibility index (Phi) is 3.46. The largest absolute Gasteiger partial charge is 0.390 e. The number of aliphatic hydroxyl groups is 1. The first-order valence-corrected chi connectivity index (χ1v) is 9.10. The van der Waals surface area contributed by atoms with E-state index in [1.165, 1.54) is 12.8 Å². The summed E-state index contributed by atoms with van der Waals surface area (Å²) in [6, 6.07) is 1.96. The first-order chi connectivity index (χ1) is 10.4. The number of carbonyl (C=O) groups is 1. The Morgan fingerprint density at radius 2 is 2.05 bits per heavy atom. The molecule has 4 saturated carbocycles. The highest BCUT2D eigenvalue weighted by Crippen LogP contribution is 2.59. The molecule has 0 aliphatic heterocycles. The number of Topliss-reactive ketones (excluding diaryl/α,β-unsaturated/α-hetero) is 1. The molecular weight excluding hydrogens is 342 g/mol. The molecule has 4 aliphatic carbocycles. The molecule has 118 valence electrons. The van der Waals surface area contributed by atoms with E-state index < -0.39 is 5.60 Å². The van der Waals surface area contributed by atoms with E-state index >= 15 is 0 Å². The summed E-state index contributed by atoms with van der Waals surface area (Å²) in [5.74, 6) is 2.40. The third-order valence-electron chi connectivity index (χ3n) is 6.17. The molecule has 4 aliphatic rings. The lowest BCUT2D eigenvalue weighted by Gasteiger charge is -2.58. The molecule has 0 spiro atoms. The van der Waals surface area contributed by atoms with Crippen molar-refractivity contribution in [1.29, 1.82) is 0 Å². The van der Waals surface area contributed by atoms with Crippen LogP contribution >= 0.6 is 15.9 Å². The number of aromatic nitrogens is 1. The van der Waals surface area contributed by atoms with Gasteiger partial charge in [0.05, 0.1) is 5.60 Å². The Hall–Kier alpha value is -0.740. The zero-order valence-corrected chi connectivity index (χ0v) is 14.5. The van der Waals surface area contributed by atoms with Crippen molar-refractivity contribution in [1.82, 2.24) is 4.98 Å². The minimum absolute atomic E-state index is 0.175. The van der Waals surface area contributed by atoms with Crippen molar-refractivity contribution >= 4 is 21.7 Å². The molecule has 0 aromatic carbocycles. The van der Waals surface area contributed by atoms with Gasteiger partial charge in [-0.25, -0.2) is 0 Å². The van der Waals surface area contributed by atoms with Crippen molar-refractivity contribution in [3.63, 3.8) is 0 Å². The number of aryl methyl sites for hydroxylation is 1. The molecule has 1 aromatic rings. The Bertz CT molecular complexity index is 614. The lowest BCUT2D eigenvalue weighted by atomic mass is 9.49. The fourth-order valence-corrected chi connectivity index (χ4v) is 6.01. The van der Waals surface area contributed by atoms with E-state index in [1.54, 1.807) is 6.20 Å². The standard InChI is InChI=1S/C18H22BrNO2/c1-10-2-14(19)9-20-17(10)16(21)5-15-12-3-11-4-13(15)8-18(22,6-11)7-12/h2,9,11-13,15,22H,3-8H2,1H3. The maximum atomic E-state index is 12.7. The number of hydrogen-bond acceptors (Lipinski definition) is 3. The van der Waals surface area contributed by atoms with Crippen molar-refractivity contribution in [2.75, 3.05) is 0 Å². The molecule has 4 fully saturated rings. The number of ketones is 1. The van der Waals surface area contributed by atoms with Crippen LogP contribution in [0.15, 0.2) is 16.7 Å². The molecular formula is C18H22BrNO2. The second-order valence-electron chi connectivity index (χ2n) is 7.80. The van der Waals surface area contributed by atoms with Crippen molar-refractivity contribution in [3.8, 4) is 0 Å². The molecule has 22 heavy (non-hydrogen) atoms. The Morgan fingerprint density at radius 1 is 1.36 bits per heavy atom. The van der Waals surface area contributed by atoms with E-state index in [4.69, 9.17) is 0 Å². The van der Waals surface area contributed by atoms with Crippen LogP contribution in [0.1, 0.15) is 54.6 Å². The minimum Gasteiger partial charge on any atom is -0.390 e. The molecule has 5 rings (SSSR count). The van der Waals surface area contributed by atoms with Gasteiger partial charge in [0.1, 0.15) is 5.69 Å². The van der Waals surface area contributed by atoms with Gasteiger partial charge in [-0.2, -0.15) is 0 Å². The third kappa shape index (κ3) is 2.44. The highest BCUT2D eigenvalue weighted by molar-refractivity contribution is 9.10. The lowest BCUT2D eigenvalue weighted by Crippen LogP contribution is -2.54. The quantitative estimate of drug-likeness (QED) is 0.828. The zero-order valence-electron chi connectivity index (χ0n) is 12.9. The number of carbonyl (C=O) groups excluding carboxylic acids is 1. The fraction of sp³-hybridized carbons (Fsp3) is 0.667. The van der Waals surface area contributed by atoms with Gasteiger partial charge in [0, 0.05) is 17.1 Å². The molecule has 1 aromatic heterocycles. The average Bonchev–Trinajstić information content (AvgIpc) is 2.40. The number of pyridine rings is 1. The summed E-state index contributed by atoms with van der Waals surface area (Å²) in [5, 5.41) is 10.6. The van der Waals surface area contributed by atoms with Gasteiger partial charge < -0.3 is 5.11 Å². The number of halogens is 1. The maximum absolute atomic E-state index is 12.7. The molecule has 4 bridgehead atoms. The smallest absolute Gasteiger partial charge is 0.181 e. The van der Waals surface area contributed by atoms with E-state index in [2.05, 4.69) is 20.9 Å². The highest BCUT2D eigenvalue weighted by atomic mass is 79.9. The van der Waals surface area contributed by atoms with E-state index in [9.17, 15) is 9.90 Å². The van der Waals surface area contributed by atoms with E-state index in [0.717, 1.165) is 29.3 Å². The van der Waals surface area contributed by atoms with Gasteiger partial charge >= 0.3 is 0 Å². The average molecular weight is 364 g/mol. The molecule has 3 nitrogen and oxygen atoms in total. The van der Waals surface area contributed by atoms with E-state index in [1.807, 2.05) is 13.0 Å². The van der Waals surface area contributed by atoms with Crippen LogP contribution in [-0.2, 0) is 0 Å². The highest BCUT2D eigenvalue weighted by Gasteiger charge is 2.54. The van der Waals surface area contributed by atoms with Gasteiger partial charge in [-0.05, 0) is 90.3 Å². The Balaban J connectivity index is 1.53. The van der Waals surface area contributed by atoms with Crippen LogP contribution in [0.5, 0.6) is 0 Å². The molecule has 2 atom stereocenters. The normalized spacial score (nSPS) is 39.2. The van der Waals surface area contributed by atoms with Crippen LogP contribution < -0.4 is 0 Å². The molecule has 4 heteroatoms. The van der Waals surface area contributed by atoms with Crippen molar-refractivity contribution in [2.45, 2.75) is 51.0 Å². The fourth-order valence-electron chi connectivity index (χ4n) is 5.56. The first-order valence-electron chi connectivity index (χ1n) is 8.31. The zero-order chi connectivity index (χ0) is 15.5. The summed E-state index contributed by atoms with van der Waals surface area (Å²) >= 11 is 3.40. The molecule has 2 unspecified atom stereocenters. The number of hydrogen-bond donors (Lipinski definition) is 1. The molecule has 1 heterocycles. The lowest BCUT2D eigenvalue weighted by molar-refractivity contribution is -0.151. The Morgan fingerprint density at radius 3 is 2.64 bits per heavy atom. The predicted octanol–water partition coefficient (Wildman–Crippen LogP) is 3.91.